The maximum atomic E-state index is 13.2. The van der Waals surface area contributed by atoms with Gasteiger partial charge in [0.05, 0.1) is 17.9 Å². The molecule has 0 radical (unpaired) electrons. The molecule has 0 bridgehead atoms. The number of hydrogen-bond acceptors (Lipinski definition) is 4. The van der Waals surface area contributed by atoms with Crippen molar-refractivity contribution in [3.8, 4) is 5.88 Å². The van der Waals surface area contributed by atoms with Gasteiger partial charge in [0.2, 0.25) is 11.8 Å². The molecule has 0 aliphatic carbocycles. The van der Waals surface area contributed by atoms with Gasteiger partial charge in [-0.3, -0.25) is 9.59 Å². The van der Waals surface area contributed by atoms with Gasteiger partial charge >= 0.3 is 0 Å². The van der Waals surface area contributed by atoms with Crippen LogP contribution >= 0.6 is 0 Å². The number of ether oxygens (including phenoxy) is 1. The maximum absolute atomic E-state index is 13.2. The molecule has 1 amide bonds. The topological polar surface area (TPSA) is 64.4 Å². The summed E-state index contributed by atoms with van der Waals surface area (Å²) < 4.78 is 6.61. The fraction of sp³-hybridized carbons (Fsp3) is 0.375. The van der Waals surface area contributed by atoms with E-state index in [4.69, 9.17) is 4.74 Å². The van der Waals surface area contributed by atoms with E-state index in [0.717, 1.165) is 38.6 Å². The van der Waals surface area contributed by atoms with Gasteiger partial charge in [0.25, 0.3) is 5.56 Å². The van der Waals surface area contributed by atoms with E-state index in [-0.39, 0.29) is 24.1 Å². The molecule has 6 nitrogen and oxygen atoms in total. The lowest BCUT2D eigenvalue weighted by molar-refractivity contribution is -0.136. The quantitative estimate of drug-likeness (QED) is 0.630. The van der Waals surface area contributed by atoms with Crippen molar-refractivity contribution in [3.63, 3.8) is 0 Å². The average Bonchev–Trinajstić information content (AvgIpc) is 2.80. The lowest BCUT2D eigenvalue weighted by Gasteiger charge is -2.36. The van der Waals surface area contributed by atoms with Gasteiger partial charge < -0.3 is 9.64 Å². The van der Waals surface area contributed by atoms with Crippen molar-refractivity contribution in [3.05, 3.63) is 70.5 Å². The number of aromatic nitrogens is 2. The second-order valence-electron chi connectivity index (χ2n) is 7.78. The highest BCUT2D eigenvalue weighted by atomic mass is 16.5. The summed E-state index contributed by atoms with van der Waals surface area (Å²) in [7, 11) is 1.52. The van der Waals surface area contributed by atoms with Gasteiger partial charge in [0.1, 0.15) is 6.54 Å². The SMILES string of the molecule is COc1nn(CC(=O)N2CCCCC2CCc2ccccc2)c(=O)c2ccccc12. The Labute approximate surface area is 176 Å². The van der Waals surface area contributed by atoms with Gasteiger partial charge in [0, 0.05) is 12.6 Å². The van der Waals surface area contributed by atoms with E-state index in [2.05, 4.69) is 17.2 Å². The minimum absolute atomic E-state index is 0.0558. The number of nitrogens with zero attached hydrogens (tertiary/aromatic N) is 3. The van der Waals surface area contributed by atoms with Crippen molar-refractivity contribution in [2.75, 3.05) is 13.7 Å². The first-order valence-electron chi connectivity index (χ1n) is 10.5. The first kappa shape index (κ1) is 20.1. The zero-order valence-corrected chi connectivity index (χ0v) is 17.3. The van der Waals surface area contributed by atoms with Crippen LogP contribution in [0.1, 0.15) is 31.2 Å². The van der Waals surface area contributed by atoms with Crippen LogP contribution < -0.4 is 10.3 Å². The molecule has 2 aromatic carbocycles. The summed E-state index contributed by atoms with van der Waals surface area (Å²) >= 11 is 0. The number of benzene rings is 2. The zero-order chi connectivity index (χ0) is 20.9. The highest BCUT2D eigenvalue weighted by Crippen LogP contribution is 2.23. The van der Waals surface area contributed by atoms with Crippen LogP contribution in [-0.4, -0.2) is 40.3 Å². The molecule has 1 atom stereocenters. The number of amides is 1. The summed E-state index contributed by atoms with van der Waals surface area (Å²) in [6, 6.07) is 17.7. The Morgan fingerprint density at radius 3 is 2.57 bits per heavy atom. The van der Waals surface area contributed by atoms with E-state index < -0.39 is 0 Å². The molecule has 1 aliphatic heterocycles. The predicted molar refractivity (Wildman–Crippen MR) is 117 cm³/mol. The Morgan fingerprint density at radius 2 is 1.80 bits per heavy atom. The summed E-state index contributed by atoms with van der Waals surface area (Å²) in [5, 5.41) is 5.48. The lowest BCUT2D eigenvalue weighted by Crippen LogP contribution is -2.46. The molecule has 0 spiro atoms. The first-order chi connectivity index (χ1) is 14.7. The molecular weight excluding hydrogens is 378 g/mol. The van der Waals surface area contributed by atoms with Gasteiger partial charge in [-0.2, -0.15) is 0 Å². The van der Waals surface area contributed by atoms with Gasteiger partial charge in [-0.25, -0.2) is 4.68 Å². The van der Waals surface area contributed by atoms with Crippen LogP contribution in [0.2, 0.25) is 0 Å². The molecule has 1 fully saturated rings. The molecule has 0 saturated carbocycles. The minimum atomic E-state index is -0.266. The van der Waals surface area contributed by atoms with Crippen LogP contribution in [-0.2, 0) is 17.8 Å². The number of aryl methyl sites for hydroxylation is 1. The molecule has 156 valence electrons. The standard InChI is InChI=1S/C24H27N3O3/c1-30-23-20-12-5-6-13-21(20)24(29)27(25-23)17-22(28)26-16-8-7-11-19(26)15-14-18-9-3-2-4-10-18/h2-6,9-10,12-13,19H,7-8,11,14-17H2,1H3. The second-order valence-corrected chi connectivity index (χ2v) is 7.78. The van der Waals surface area contributed by atoms with E-state index in [9.17, 15) is 9.59 Å². The molecule has 1 aromatic heterocycles. The number of likely N-dealkylation sites (tertiary alicyclic amines) is 1. The molecule has 1 saturated heterocycles. The lowest BCUT2D eigenvalue weighted by atomic mass is 9.95. The molecule has 1 aliphatic rings. The first-order valence-corrected chi connectivity index (χ1v) is 10.5. The van der Waals surface area contributed by atoms with Crippen LogP contribution in [0.4, 0.5) is 0 Å². The Hall–Kier alpha value is -3.15. The molecular formula is C24H27N3O3. The molecule has 3 aromatic rings. The molecule has 6 heteroatoms. The number of hydrogen-bond donors (Lipinski definition) is 0. The van der Waals surface area contributed by atoms with Crippen molar-refractivity contribution < 1.29 is 9.53 Å². The van der Waals surface area contributed by atoms with Crippen molar-refractivity contribution in [1.29, 1.82) is 0 Å². The number of fused-ring (bicyclic) bond motifs is 1. The monoisotopic (exact) mass is 405 g/mol. The molecule has 2 heterocycles. The average molecular weight is 405 g/mol. The van der Waals surface area contributed by atoms with Crippen LogP contribution in [0.15, 0.2) is 59.4 Å². The van der Waals surface area contributed by atoms with Crippen molar-refractivity contribution in [2.24, 2.45) is 0 Å². The maximum Gasteiger partial charge on any atom is 0.275 e. The molecule has 30 heavy (non-hydrogen) atoms. The molecule has 4 rings (SSSR count). The Morgan fingerprint density at radius 1 is 1.07 bits per heavy atom. The zero-order valence-electron chi connectivity index (χ0n) is 17.3. The number of rotatable bonds is 6. The van der Waals surface area contributed by atoms with Crippen LogP contribution in [0, 0.1) is 0 Å². The van der Waals surface area contributed by atoms with E-state index in [1.807, 2.05) is 29.2 Å². The van der Waals surface area contributed by atoms with E-state index in [1.165, 1.54) is 17.4 Å². The van der Waals surface area contributed by atoms with Crippen LogP contribution in [0.5, 0.6) is 5.88 Å². The normalized spacial score (nSPS) is 16.6. The van der Waals surface area contributed by atoms with Gasteiger partial charge in [0.15, 0.2) is 0 Å². The molecule has 0 N–H and O–H groups in total. The van der Waals surface area contributed by atoms with Gasteiger partial charge in [-0.05, 0) is 49.8 Å². The van der Waals surface area contributed by atoms with Crippen molar-refractivity contribution in [1.82, 2.24) is 14.7 Å². The fourth-order valence-corrected chi connectivity index (χ4v) is 4.29. The highest BCUT2D eigenvalue weighted by molar-refractivity contribution is 5.86. The third-order valence-electron chi connectivity index (χ3n) is 5.87. The second kappa shape index (κ2) is 9.11. The van der Waals surface area contributed by atoms with E-state index >= 15 is 0 Å². The number of piperidine rings is 1. The Kier molecular flexibility index (Phi) is 6.12. The van der Waals surface area contributed by atoms with Gasteiger partial charge in [-0.15, -0.1) is 5.10 Å². The third kappa shape index (κ3) is 4.22. The Bertz CT molecular complexity index is 1080. The summed E-state index contributed by atoms with van der Waals surface area (Å²) in [6.45, 7) is 0.666. The van der Waals surface area contributed by atoms with E-state index in [0.29, 0.717) is 16.7 Å². The van der Waals surface area contributed by atoms with Crippen LogP contribution in [0.25, 0.3) is 10.8 Å². The number of carbonyl (C=O) groups is 1. The molecule has 1 unspecified atom stereocenters. The summed E-state index contributed by atoms with van der Waals surface area (Å²) in [5.74, 6) is 0.303. The summed E-state index contributed by atoms with van der Waals surface area (Å²) in [4.78, 5) is 28.0. The summed E-state index contributed by atoms with van der Waals surface area (Å²) in [5.41, 5.74) is 1.02. The smallest absolute Gasteiger partial charge is 0.275 e. The van der Waals surface area contributed by atoms with Gasteiger partial charge in [-0.1, -0.05) is 42.5 Å². The van der Waals surface area contributed by atoms with Crippen LogP contribution in [0.3, 0.4) is 0 Å². The number of carbonyl (C=O) groups excluding carboxylic acids is 1. The van der Waals surface area contributed by atoms with E-state index in [1.54, 1.807) is 18.2 Å². The largest absolute Gasteiger partial charge is 0.480 e. The minimum Gasteiger partial charge on any atom is -0.480 e. The van der Waals surface area contributed by atoms with Crippen molar-refractivity contribution in [2.45, 2.75) is 44.7 Å². The summed E-state index contributed by atoms with van der Waals surface area (Å²) in [6.07, 6.45) is 5.00. The highest BCUT2D eigenvalue weighted by Gasteiger charge is 2.27. The predicted octanol–water partition coefficient (Wildman–Crippen LogP) is 3.42. The van der Waals surface area contributed by atoms with Crippen molar-refractivity contribution >= 4 is 16.7 Å². The Balaban J connectivity index is 1.53. The fourth-order valence-electron chi connectivity index (χ4n) is 4.29. The number of methoxy groups -OCH3 is 1. The third-order valence-corrected chi connectivity index (χ3v) is 5.87.